The Morgan fingerprint density at radius 2 is 1.77 bits per heavy atom. The number of β-amino-alcohol motifs (C(OH)–C–C–N with tert-alkyl or cyclic N) is 1. The van der Waals surface area contributed by atoms with Crippen molar-refractivity contribution in [3.63, 3.8) is 0 Å². The highest BCUT2D eigenvalue weighted by molar-refractivity contribution is 7.09. The van der Waals surface area contributed by atoms with Gasteiger partial charge in [-0.15, -0.1) is 11.3 Å². The summed E-state index contributed by atoms with van der Waals surface area (Å²) < 4.78 is 0. The van der Waals surface area contributed by atoms with E-state index < -0.39 is 53.9 Å². The topological polar surface area (TPSA) is 167 Å². The summed E-state index contributed by atoms with van der Waals surface area (Å²) >= 11 is 1.50. The number of aliphatic hydroxyl groups excluding tert-OH is 1. The van der Waals surface area contributed by atoms with Crippen molar-refractivity contribution in [1.29, 1.82) is 0 Å². The maximum atomic E-state index is 13.8. The van der Waals surface area contributed by atoms with Crippen molar-refractivity contribution in [3.8, 4) is 0 Å². The molecule has 6 N–H and O–H groups in total. The van der Waals surface area contributed by atoms with Crippen LogP contribution in [-0.2, 0) is 20.8 Å². The first-order valence-electron chi connectivity index (χ1n) is 16.9. The van der Waals surface area contributed by atoms with Gasteiger partial charge in [-0.1, -0.05) is 49.6 Å². The zero-order valence-electron chi connectivity index (χ0n) is 28.0. The predicted molar refractivity (Wildman–Crippen MR) is 186 cm³/mol. The Morgan fingerprint density at radius 1 is 1.02 bits per heavy atom. The van der Waals surface area contributed by atoms with E-state index >= 15 is 0 Å². The van der Waals surface area contributed by atoms with Gasteiger partial charge in [0.15, 0.2) is 0 Å². The fourth-order valence-corrected chi connectivity index (χ4v) is 7.81. The highest BCUT2D eigenvalue weighted by Gasteiger charge is 2.42. The Morgan fingerprint density at radius 3 is 2.48 bits per heavy atom. The summed E-state index contributed by atoms with van der Waals surface area (Å²) in [6.45, 7) is 6.75. The summed E-state index contributed by atoms with van der Waals surface area (Å²) in [5, 5.41) is 23.3. The third-order valence-corrected chi connectivity index (χ3v) is 10.3. The molecule has 6 atom stereocenters. The Bertz CT molecular complexity index is 1590. The highest BCUT2D eigenvalue weighted by Crippen LogP contribution is 2.39. The summed E-state index contributed by atoms with van der Waals surface area (Å²) in [4.78, 5) is 60.1. The quantitative estimate of drug-likeness (QED) is 0.197. The molecule has 4 amide bonds. The molecule has 0 spiro atoms. The largest absolute Gasteiger partial charge is 0.390 e. The number of carbonyl (C=O) groups excluding carboxylic acids is 4. The van der Waals surface area contributed by atoms with Crippen molar-refractivity contribution in [2.75, 3.05) is 13.1 Å². The van der Waals surface area contributed by atoms with Gasteiger partial charge in [-0.3, -0.25) is 24.1 Å². The maximum Gasteiger partial charge on any atom is 0.270 e. The molecule has 1 saturated heterocycles. The van der Waals surface area contributed by atoms with E-state index in [4.69, 9.17) is 5.73 Å². The summed E-state index contributed by atoms with van der Waals surface area (Å²) in [5.74, 6) is -1.16. The van der Waals surface area contributed by atoms with Crippen molar-refractivity contribution < 1.29 is 24.3 Å². The van der Waals surface area contributed by atoms with E-state index in [0.717, 1.165) is 35.9 Å². The lowest BCUT2D eigenvalue weighted by Gasteiger charge is -2.47. The van der Waals surface area contributed by atoms with Crippen LogP contribution in [0.1, 0.15) is 74.7 Å². The molecule has 3 aromatic rings. The van der Waals surface area contributed by atoms with E-state index in [9.17, 15) is 24.3 Å². The van der Waals surface area contributed by atoms with Crippen LogP contribution in [0, 0.1) is 11.8 Å². The summed E-state index contributed by atoms with van der Waals surface area (Å²) in [5.41, 5.74) is 5.82. The third kappa shape index (κ3) is 9.39. The summed E-state index contributed by atoms with van der Waals surface area (Å²) in [6, 6.07) is 12.0. The predicted octanol–water partition coefficient (Wildman–Crippen LogP) is 3.15. The van der Waals surface area contributed by atoms with Gasteiger partial charge in [0, 0.05) is 35.3 Å². The Balaban J connectivity index is 1.34. The molecule has 1 aliphatic carbocycles. The van der Waals surface area contributed by atoms with Crippen LogP contribution in [0.2, 0.25) is 0 Å². The van der Waals surface area contributed by atoms with Crippen LogP contribution in [0.5, 0.6) is 0 Å². The highest BCUT2D eigenvalue weighted by atomic mass is 32.1. The molecule has 48 heavy (non-hydrogen) atoms. The van der Waals surface area contributed by atoms with Gasteiger partial charge in [0.1, 0.15) is 11.7 Å². The number of nitrogens with one attached hydrogen (secondary N) is 3. The monoisotopic (exact) mass is 676 g/mol. The molecular weight excluding hydrogens is 628 g/mol. The number of likely N-dealkylation sites (tertiary alicyclic amines) is 1. The maximum absolute atomic E-state index is 13.8. The molecule has 2 aliphatic rings. The Labute approximate surface area is 286 Å². The molecule has 0 bridgehead atoms. The molecule has 2 fully saturated rings. The Kier molecular flexibility index (Phi) is 11.5. The van der Waals surface area contributed by atoms with Gasteiger partial charge in [-0.25, -0.2) is 4.98 Å². The van der Waals surface area contributed by atoms with Gasteiger partial charge >= 0.3 is 0 Å². The van der Waals surface area contributed by atoms with Crippen LogP contribution in [0.3, 0.4) is 0 Å². The van der Waals surface area contributed by atoms with E-state index in [2.05, 4.69) is 25.8 Å². The van der Waals surface area contributed by atoms with Gasteiger partial charge in [0.2, 0.25) is 17.7 Å². The van der Waals surface area contributed by atoms with Crippen LogP contribution < -0.4 is 21.7 Å². The minimum atomic E-state index is -1.29. The standard InChI is InChI=1S/C36H48N6O5S/c1-36(2,3)41-35(47)30-17-23-10-4-5-11-24(23)20-42(30)21-31(43)28(18-25-12-8-16-48-25)39-34(46)29(19-32(37)44)40-33(45)27-15-14-22-9-6-7-13-26(22)38-27/h6-9,12-16,23-24,28-31,43H,4-5,10-11,17-21H2,1-3H3,(H2,37,44)(H,39,46)(H,40,45)(H,41,47)/t23-,24+,28-,29-,30-,31+/m0/s1. The molecular formula is C36H48N6O5S. The van der Waals surface area contributed by atoms with Crippen molar-refractivity contribution in [3.05, 3.63) is 64.5 Å². The first-order chi connectivity index (χ1) is 22.9. The van der Waals surface area contributed by atoms with Crippen LogP contribution in [0.15, 0.2) is 53.9 Å². The Hall–Kier alpha value is -3.87. The molecule has 0 unspecified atom stereocenters. The van der Waals surface area contributed by atoms with E-state index in [1.165, 1.54) is 17.8 Å². The fourth-order valence-electron chi connectivity index (χ4n) is 7.04. The van der Waals surface area contributed by atoms with Gasteiger partial charge in [0.25, 0.3) is 5.91 Å². The molecule has 258 valence electrons. The number of para-hydroxylation sites is 1. The summed E-state index contributed by atoms with van der Waals surface area (Å²) in [6.07, 6.45) is 4.12. The lowest BCUT2D eigenvalue weighted by molar-refractivity contribution is -0.133. The van der Waals surface area contributed by atoms with Crippen molar-refractivity contribution in [2.45, 2.75) is 95.5 Å². The zero-order valence-corrected chi connectivity index (χ0v) is 28.8. The third-order valence-electron chi connectivity index (χ3n) is 9.38. The molecule has 0 radical (unpaired) electrons. The van der Waals surface area contributed by atoms with E-state index in [1.54, 1.807) is 18.2 Å². The lowest BCUT2D eigenvalue weighted by Crippen LogP contribution is -2.61. The molecule has 5 rings (SSSR count). The number of thiophene rings is 1. The van der Waals surface area contributed by atoms with Crippen molar-refractivity contribution in [2.24, 2.45) is 17.6 Å². The van der Waals surface area contributed by atoms with E-state index in [0.29, 0.717) is 30.3 Å². The average molecular weight is 677 g/mol. The minimum Gasteiger partial charge on any atom is -0.390 e. The minimum absolute atomic E-state index is 0.0518. The molecule has 3 heterocycles. The number of nitrogens with two attached hydrogens (primary N) is 1. The smallest absolute Gasteiger partial charge is 0.270 e. The normalized spacial score (nSPS) is 21.8. The number of aromatic nitrogens is 1. The van der Waals surface area contributed by atoms with Gasteiger partial charge in [-0.2, -0.15) is 0 Å². The number of primary amides is 1. The van der Waals surface area contributed by atoms with E-state index in [-0.39, 0.29) is 18.1 Å². The first-order valence-corrected chi connectivity index (χ1v) is 17.8. The second-order valence-electron chi connectivity index (χ2n) is 14.3. The molecule has 1 saturated carbocycles. The van der Waals surface area contributed by atoms with Gasteiger partial charge < -0.3 is 26.8 Å². The van der Waals surface area contributed by atoms with Crippen LogP contribution in [0.25, 0.3) is 10.9 Å². The number of nitrogens with zero attached hydrogens (tertiary/aromatic N) is 2. The van der Waals surface area contributed by atoms with Crippen LogP contribution in [-0.4, -0.2) is 81.5 Å². The molecule has 11 nitrogen and oxygen atoms in total. The average Bonchev–Trinajstić information content (AvgIpc) is 3.55. The number of hydrogen-bond acceptors (Lipinski definition) is 8. The lowest BCUT2D eigenvalue weighted by atomic mass is 9.72. The van der Waals surface area contributed by atoms with Crippen molar-refractivity contribution >= 4 is 45.9 Å². The number of aliphatic hydroxyl groups is 1. The number of piperidine rings is 1. The fraction of sp³-hybridized carbons (Fsp3) is 0.528. The van der Waals surface area contributed by atoms with E-state index in [1.807, 2.05) is 56.5 Å². The SMILES string of the molecule is CC(C)(C)NC(=O)[C@@H]1C[C@@H]2CCCC[C@@H]2CN1C[C@@H](O)[C@H](Cc1cccs1)NC(=O)[C@H](CC(N)=O)NC(=O)c1ccc2ccccc2n1. The van der Waals surface area contributed by atoms with Crippen LogP contribution in [0.4, 0.5) is 0 Å². The first kappa shape index (κ1) is 35.4. The molecule has 1 aliphatic heterocycles. The van der Waals surface area contributed by atoms with Crippen molar-refractivity contribution in [1.82, 2.24) is 25.8 Å². The number of benzene rings is 1. The van der Waals surface area contributed by atoms with Gasteiger partial charge in [0.05, 0.1) is 30.1 Å². The number of hydrogen-bond donors (Lipinski definition) is 5. The second-order valence-corrected chi connectivity index (χ2v) is 15.3. The number of rotatable bonds is 12. The summed E-state index contributed by atoms with van der Waals surface area (Å²) in [7, 11) is 0. The number of amides is 4. The number of fused-ring (bicyclic) bond motifs is 2. The number of carbonyl (C=O) groups is 4. The molecule has 1 aromatic carbocycles. The van der Waals surface area contributed by atoms with Gasteiger partial charge in [-0.05, 0) is 69.0 Å². The molecule has 2 aromatic heterocycles. The zero-order chi connectivity index (χ0) is 34.4. The second kappa shape index (κ2) is 15.6. The van der Waals surface area contributed by atoms with Crippen LogP contribution >= 0.6 is 11.3 Å². The molecule has 12 heteroatoms. The number of pyridine rings is 1.